The number of morpholine rings is 1. The molecule has 1 aliphatic rings. The van der Waals surface area contributed by atoms with Gasteiger partial charge in [-0.3, -0.25) is 24.7 Å². The van der Waals surface area contributed by atoms with E-state index in [4.69, 9.17) is 10.6 Å². The molecule has 7 nitrogen and oxygen atoms in total. The first-order valence-electron chi connectivity index (χ1n) is 5.11. The van der Waals surface area contributed by atoms with Crippen molar-refractivity contribution in [3.05, 3.63) is 21.9 Å². The molecule has 0 bridgehead atoms. The van der Waals surface area contributed by atoms with E-state index in [0.717, 1.165) is 4.90 Å². The van der Waals surface area contributed by atoms with Gasteiger partial charge in [-0.15, -0.1) is 11.3 Å². The highest BCUT2D eigenvalue weighted by molar-refractivity contribution is 7.12. The van der Waals surface area contributed by atoms with Gasteiger partial charge in [0.2, 0.25) is 0 Å². The van der Waals surface area contributed by atoms with E-state index in [1.54, 1.807) is 11.4 Å². The molecule has 2 heterocycles. The summed E-state index contributed by atoms with van der Waals surface area (Å²) in [5, 5.41) is 1.70. The monoisotopic (exact) mass is 269 g/mol. The number of carbonyl (C=O) groups excluding carboxylic acids is 3. The first-order chi connectivity index (χ1) is 8.63. The van der Waals surface area contributed by atoms with Crippen LogP contribution in [0.15, 0.2) is 11.4 Å². The van der Waals surface area contributed by atoms with Gasteiger partial charge in [-0.1, -0.05) is 0 Å². The van der Waals surface area contributed by atoms with Gasteiger partial charge in [0.1, 0.15) is 13.2 Å². The zero-order valence-electron chi connectivity index (χ0n) is 9.34. The predicted octanol–water partition coefficient (Wildman–Crippen LogP) is -0.763. The number of amides is 3. The fraction of sp³-hybridized carbons (Fsp3) is 0.300. The van der Waals surface area contributed by atoms with Crippen molar-refractivity contribution in [3.8, 4) is 0 Å². The Balaban J connectivity index is 2.18. The number of nitrogens with zero attached hydrogens (tertiary/aromatic N) is 1. The van der Waals surface area contributed by atoms with E-state index in [1.165, 1.54) is 11.3 Å². The van der Waals surface area contributed by atoms with E-state index < -0.39 is 17.7 Å². The number of nitrogen functional groups attached to an aromatic ring is 1. The van der Waals surface area contributed by atoms with E-state index in [9.17, 15) is 14.4 Å². The molecule has 1 fully saturated rings. The van der Waals surface area contributed by atoms with Crippen molar-refractivity contribution >= 4 is 29.1 Å². The largest absolute Gasteiger partial charge is 0.362 e. The molecular weight excluding hydrogens is 258 g/mol. The summed E-state index contributed by atoms with van der Waals surface area (Å²) in [6.45, 7) is -0.171. The Kier molecular flexibility index (Phi) is 3.70. The molecule has 0 aliphatic carbocycles. The number of nitrogens with one attached hydrogen (secondary N) is 1. The fourth-order valence-electron chi connectivity index (χ4n) is 1.59. The third-order valence-corrected chi connectivity index (χ3v) is 3.42. The quantitative estimate of drug-likeness (QED) is 0.325. The van der Waals surface area contributed by atoms with Crippen molar-refractivity contribution in [1.29, 1.82) is 0 Å². The van der Waals surface area contributed by atoms with Crippen molar-refractivity contribution in [3.63, 3.8) is 0 Å². The van der Waals surface area contributed by atoms with E-state index in [-0.39, 0.29) is 19.8 Å². The molecule has 8 heteroatoms. The number of hydrazine groups is 1. The van der Waals surface area contributed by atoms with Crippen LogP contribution in [0.5, 0.6) is 0 Å². The Labute approximate surface area is 106 Å². The van der Waals surface area contributed by atoms with Gasteiger partial charge in [-0.25, -0.2) is 5.84 Å². The molecule has 1 saturated heterocycles. The molecule has 1 aromatic rings. The zero-order chi connectivity index (χ0) is 13.1. The Hall–Kier alpha value is -1.77. The predicted molar refractivity (Wildman–Crippen MR) is 62.3 cm³/mol. The number of thiophene rings is 1. The molecule has 0 unspecified atom stereocenters. The lowest BCUT2D eigenvalue weighted by molar-refractivity contribution is -0.159. The molecule has 3 N–H and O–H groups in total. The first-order valence-corrected chi connectivity index (χ1v) is 5.99. The Morgan fingerprint density at radius 1 is 1.44 bits per heavy atom. The number of nitrogens with two attached hydrogens (primary N) is 1. The van der Waals surface area contributed by atoms with Crippen LogP contribution in [0.1, 0.15) is 15.2 Å². The van der Waals surface area contributed by atoms with Gasteiger partial charge < -0.3 is 4.74 Å². The number of hydrogen-bond acceptors (Lipinski definition) is 6. The highest BCUT2D eigenvalue weighted by Crippen LogP contribution is 2.19. The lowest BCUT2D eigenvalue weighted by Gasteiger charge is -2.24. The minimum absolute atomic E-state index is 0.0628. The van der Waals surface area contributed by atoms with Crippen LogP contribution in [0.3, 0.4) is 0 Å². The van der Waals surface area contributed by atoms with E-state index in [0.29, 0.717) is 10.4 Å². The van der Waals surface area contributed by atoms with Crippen molar-refractivity contribution < 1.29 is 19.1 Å². The summed E-state index contributed by atoms with van der Waals surface area (Å²) >= 11 is 1.20. The van der Waals surface area contributed by atoms with Crippen LogP contribution in [-0.4, -0.2) is 35.8 Å². The third-order valence-electron chi connectivity index (χ3n) is 2.47. The van der Waals surface area contributed by atoms with Crippen LogP contribution in [0, 0.1) is 0 Å². The fourth-order valence-corrected chi connectivity index (χ4v) is 2.41. The second-order valence-corrected chi connectivity index (χ2v) is 4.53. The van der Waals surface area contributed by atoms with Crippen molar-refractivity contribution in [2.45, 2.75) is 6.54 Å². The van der Waals surface area contributed by atoms with Crippen LogP contribution in [0.4, 0.5) is 0 Å². The summed E-state index contributed by atoms with van der Waals surface area (Å²) in [7, 11) is 0. The minimum atomic E-state index is -0.437. The second-order valence-electron chi connectivity index (χ2n) is 3.61. The third kappa shape index (κ3) is 2.40. The van der Waals surface area contributed by atoms with Gasteiger partial charge in [0.25, 0.3) is 17.7 Å². The molecule has 0 saturated carbocycles. The normalized spacial score (nSPS) is 15.9. The molecule has 18 heavy (non-hydrogen) atoms. The molecule has 0 atom stereocenters. The van der Waals surface area contributed by atoms with Crippen LogP contribution in [-0.2, 0) is 20.9 Å². The number of hydrogen-bond donors (Lipinski definition) is 2. The summed E-state index contributed by atoms with van der Waals surface area (Å²) in [4.78, 5) is 36.0. The summed E-state index contributed by atoms with van der Waals surface area (Å²) in [5.41, 5.74) is 2.62. The summed E-state index contributed by atoms with van der Waals surface area (Å²) in [5.74, 6) is 3.81. The van der Waals surface area contributed by atoms with Gasteiger partial charge in [0.05, 0.1) is 11.4 Å². The van der Waals surface area contributed by atoms with Crippen molar-refractivity contribution in [1.82, 2.24) is 10.3 Å². The molecule has 1 aliphatic heterocycles. The zero-order valence-corrected chi connectivity index (χ0v) is 10.2. The molecular formula is C10H11N3O4S. The molecule has 3 amide bonds. The molecule has 0 spiro atoms. The van der Waals surface area contributed by atoms with Crippen LogP contribution < -0.4 is 11.3 Å². The van der Waals surface area contributed by atoms with Gasteiger partial charge in [0, 0.05) is 0 Å². The van der Waals surface area contributed by atoms with E-state index in [1.807, 2.05) is 5.43 Å². The van der Waals surface area contributed by atoms with Gasteiger partial charge in [-0.2, -0.15) is 0 Å². The van der Waals surface area contributed by atoms with Gasteiger partial charge in [-0.05, 0) is 17.0 Å². The van der Waals surface area contributed by atoms with Crippen LogP contribution in [0.25, 0.3) is 0 Å². The molecule has 0 radical (unpaired) electrons. The Bertz CT molecular complexity index is 483. The standard InChI is InChI=1S/C10H11N3O4S/c11-12-10(16)9-6(1-2-18-9)3-13-7(14)4-17-5-8(13)15/h1-2H,3-5,11H2,(H,12,16). The average molecular weight is 269 g/mol. The Morgan fingerprint density at radius 2 is 2.11 bits per heavy atom. The molecule has 1 aromatic heterocycles. The number of imide groups is 1. The van der Waals surface area contributed by atoms with Gasteiger partial charge >= 0.3 is 0 Å². The Morgan fingerprint density at radius 3 is 2.72 bits per heavy atom. The SMILES string of the molecule is NNC(=O)c1sccc1CN1C(=O)COCC1=O. The van der Waals surface area contributed by atoms with E-state index in [2.05, 4.69) is 0 Å². The summed E-state index contributed by atoms with van der Waals surface area (Å²) in [6.07, 6.45) is 0. The highest BCUT2D eigenvalue weighted by atomic mass is 32.1. The maximum Gasteiger partial charge on any atom is 0.275 e. The first kappa shape index (κ1) is 12.7. The maximum atomic E-state index is 11.5. The summed E-state index contributed by atoms with van der Waals surface area (Å²) in [6, 6.07) is 1.69. The van der Waals surface area contributed by atoms with Crippen molar-refractivity contribution in [2.75, 3.05) is 13.2 Å². The van der Waals surface area contributed by atoms with Crippen LogP contribution >= 0.6 is 11.3 Å². The van der Waals surface area contributed by atoms with Crippen LogP contribution in [0.2, 0.25) is 0 Å². The number of ether oxygens (including phenoxy) is 1. The topological polar surface area (TPSA) is 102 Å². The molecule has 0 aromatic carbocycles. The number of rotatable bonds is 3. The van der Waals surface area contributed by atoms with Gasteiger partial charge in [0.15, 0.2) is 0 Å². The highest BCUT2D eigenvalue weighted by Gasteiger charge is 2.28. The lowest BCUT2D eigenvalue weighted by atomic mass is 10.2. The summed E-state index contributed by atoms with van der Waals surface area (Å²) < 4.78 is 4.80. The number of carbonyl (C=O) groups is 3. The smallest absolute Gasteiger partial charge is 0.275 e. The second kappa shape index (κ2) is 5.25. The average Bonchev–Trinajstić information content (AvgIpc) is 2.81. The molecule has 2 rings (SSSR count). The lowest BCUT2D eigenvalue weighted by Crippen LogP contribution is -2.45. The molecule has 96 valence electrons. The minimum Gasteiger partial charge on any atom is -0.362 e. The maximum absolute atomic E-state index is 11.5. The van der Waals surface area contributed by atoms with Crippen molar-refractivity contribution in [2.24, 2.45) is 5.84 Å². The van der Waals surface area contributed by atoms with E-state index >= 15 is 0 Å².